The topological polar surface area (TPSA) is 24.5 Å². The van der Waals surface area contributed by atoms with Crippen molar-refractivity contribution in [3.8, 4) is 0 Å². The molecule has 0 aliphatic carbocycles. The van der Waals surface area contributed by atoms with E-state index in [0.29, 0.717) is 23.0 Å². The van der Waals surface area contributed by atoms with E-state index < -0.39 is 0 Å². The van der Waals surface area contributed by atoms with Crippen LogP contribution in [0.1, 0.15) is 47.5 Å². The summed E-state index contributed by atoms with van der Waals surface area (Å²) >= 11 is 0. The molecule has 0 spiro atoms. The highest BCUT2D eigenvalue weighted by atomic mass is 16.5. The monoisotopic (exact) mass is 254 g/mol. The van der Waals surface area contributed by atoms with Crippen molar-refractivity contribution in [2.45, 2.75) is 65.1 Å². The van der Waals surface area contributed by atoms with Gasteiger partial charge in [-0.15, -0.1) is 0 Å². The molecule has 2 saturated heterocycles. The Morgan fingerprint density at radius 2 is 1.83 bits per heavy atom. The predicted molar refractivity (Wildman–Crippen MR) is 75.9 cm³/mol. The van der Waals surface area contributed by atoms with E-state index in [2.05, 4.69) is 44.8 Å². The van der Waals surface area contributed by atoms with Gasteiger partial charge < -0.3 is 10.1 Å². The van der Waals surface area contributed by atoms with Gasteiger partial charge >= 0.3 is 0 Å². The Bertz CT molecular complexity index is 279. The van der Waals surface area contributed by atoms with E-state index in [-0.39, 0.29) is 0 Å². The molecule has 0 amide bonds. The van der Waals surface area contributed by atoms with E-state index in [1.54, 1.807) is 0 Å². The van der Waals surface area contributed by atoms with Gasteiger partial charge in [-0.25, -0.2) is 0 Å². The quantitative estimate of drug-likeness (QED) is 0.777. The molecule has 1 N–H and O–H groups in total. The fourth-order valence-corrected chi connectivity index (χ4v) is 3.30. The second-order valence-electron chi connectivity index (χ2n) is 7.44. The summed E-state index contributed by atoms with van der Waals surface area (Å²) in [6.07, 6.45) is 2.35. The van der Waals surface area contributed by atoms with E-state index >= 15 is 0 Å². The van der Waals surface area contributed by atoms with Crippen LogP contribution in [-0.4, -0.2) is 48.8 Å². The minimum absolute atomic E-state index is 0.333. The third-order valence-electron chi connectivity index (χ3n) is 4.88. The standard InChI is InChI=1S/C15H30N2O/c1-12-10-16-13(14(2,3)4)11-17(12)15(5)6-8-18-9-7-15/h12-13,16H,6-11H2,1-5H3. The molecule has 0 saturated carbocycles. The second-order valence-corrected chi connectivity index (χ2v) is 7.44. The third-order valence-corrected chi connectivity index (χ3v) is 4.88. The first-order chi connectivity index (χ1) is 8.33. The molecular weight excluding hydrogens is 224 g/mol. The van der Waals surface area contributed by atoms with Gasteiger partial charge in [0.15, 0.2) is 0 Å². The summed E-state index contributed by atoms with van der Waals surface area (Å²) in [5.41, 5.74) is 0.670. The second kappa shape index (κ2) is 5.10. The first-order valence-corrected chi connectivity index (χ1v) is 7.41. The molecule has 3 nitrogen and oxygen atoms in total. The van der Waals surface area contributed by atoms with Crippen molar-refractivity contribution in [2.24, 2.45) is 5.41 Å². The van der Waals surface area contributed by atoms with Crippen LogP contribution in [0.15, 0.2) is 0 Å². The van der Waals surface area contributed by atoms with Crippen molar-refractivity contribution in [2.75, 3.05) is 26.3 Å². The molecule has 2 heterocycles. The van der Waals surface area contributed by atoms with Gasteiger partial charge in [0.1, 0.15) is 0 Å². The zero-order valence-corrected chi connectivity index (χ0v) is 12.8. The molecule has 2 unspecified atom stereocenters. The molecular formula is C15H30N2O. The van der Waals surface area contributed by atoms with Crippen molar-refractivity contribution < 1.29 is 4.74 Å². The summed E-state index contributed by atoms with van der Waals surface area (Å²) in [5.74, 6) is 0. The summed E-state index contributed by atoms with van der Waals surface area (Å²) in [6.45, 7) is 15.9. The van der Waals surface area contributed by atoms with Crippen LogP contribution in [0, 0.1) is 5.41 Å². The van der Waals surface area contributed by atoms with E-state index in [0.717, 1.165) is 19.8 Å². The minimum atomic E-state index is 0.333. The summed E-state index contributed by atoms with van der Waals surface area (Å²) in [5, 5.41) is 3.72. The first-order valence-electron chi connectivity index (χ1n) is 7.41. The highest BCUT2D eigenvalue weighted by molar-refractivity contribution is 4.98. The van der Waals surface area contributed by atoms with Crippen LogP contribution < -0.4 is 5.32 Å². The molecule has 3 heteroatoms. The Balaban J connectivity index is 2.09. The lowest BCUT2D eigenvalue weighted by Gasteiger charge is -2.53. The molecule has 0 aromatic rings. The van der Waals surface area contributed by atoms with Gasteiger partial charge in [-0.3, -0.25) is 4.90 Å². The van der Waals surface area contributed by atoms with Crippen LogP contribution in [0.3, 0.4) is 0 Å². The molecule has 2 fully saturated rings. The van der Waals surface area contributed by atoms with E-state index in [1.165, 1.54) is 19.4 Å². The zero-order valence-electron chi connectivity index (χ0n) is 12.8. The van der Waals surface area contributed by atoms with Crippen molar-refractivity contribution in [1.29, 1.82) is 0 Å². The molecule has 0 aromatic carbocycles. The Morgan fingerprint density at radius 1 is 1.22 bits per heavy atom. The number of nitrogens with one attached hydrogen (secondary N) is 1. The normalized spacial score (nSPS) is 34.5. The van der Waals surface area contributed by atoms with E-state index in [1.807, 2.05) is 0 Å². The zero-order chi connectivity index (χ0) is 13.4. The summed E-state index contributed by atoms with van der Waals surface area (Å²) in [7, 11) is 0. The third kappa shape index (κ3) is 2.89. The Kier molecular flexibility index (Phi) is 4.05. The highest BCUT2D eigenvalue weighted by Gasteiger charge is 2.41. The Morgan fingerprint density at radius 3 is 2.39 bits per heavy atom. The highest BCUT2D eigenvalue weighted by Crippen LogP contribution is 2.33. The van der Waals surface area contributed by atoms with Crippen LogP contribution in [0.5, 0.6) is 0 Å². The number of hydrogen-bond donors (Lipinski definition) is 1. The maximum absolute atomic E-state index is 5.54. The predicted octanol–water partition coefficient (Wildman–Crippen LogP) is 2.26. The van der Waals surface area contributed by atoms with Crippen LogP contribution >= 0.6 is 0 Å². The molecule has 106 valence electrons. The fourth-order valence-electron chi connectivity index (χ4n) is 3.30. The van der Waals surface area contributed by atoms with Crippen LogP contribution in [0.4, 0.5) is 0 Å². The van der Waals surface area contributed by atoms with Crippen LogP contribution in [-0.2, 0) is 4.74 Å². The van der Waals surface area contributed by atoms with Gasteiger partial charge in [-0.2, -0.15) is 0 Å². The maximum Gasteiger partial charge on any atom is 0.0483 e. The minimum Gasteiger partial charge on any atom is -0.381 e. The van der Waals surface area contributed by atoms with Gasteiger partial charge in [-0.1, -0.05) is 20.8 Å². The lowest BCUT2D eigenvalue weighted by atomic mass is 9.81. The molecule has 18 heavy (non-hydrogen) atoms. The molecule has 2 aliphatic rings. The lowest BCUT2D eigenvalue weighted by molar-refractivity contribution is -0.0579. The van der Waals surface area contributed by atoms with Crippen LogP contribution in [0.25, 0.3) is 0 Å². The Labute approximate surface area is 112 Å². The van der Waals surface area contributed by atoms with Crippen LogP contribution in [0.2, 0.25) is 0 Å². The maximum atomic E-state index is 5.54. The molecule has 0 radical (unpaired) electrons. The molecule has 0 bridgehead atoms. The summed E-state index contributed by atoms with van der Waals surface area (Å²) in [4.78, 5) is 2.74. The molecule has 0 aromatic heterocycles. The van der Waals surface area contributed by atoms with Gasteiger partial charge in [0.05, 0.1) is 0 Å². The van der Waals surface area contributed by atoms with Gasteiger partial charge in [0.2, 0.25) is 0 Å². The number of piperazine rings is 1. The summed E-state index contributed by atoms with van der Waals surface area (Å²) in [6, 6.07) is 1.22. The van der Waals surface area contributed by atoms with Crippen molar-refractivity contribution in [1.82, 2.24) is 10.2 Å². The van der Waals surface area contributed by atoms with Crippen molar-refractivity contribution in [3.63, 3.8) is 0 Å². The van der Waals surface area contributed by atoms with Gasteiger partial charge in [0.25, 0.3) is 0 Å². The van der Waals surface area contributed by atoms with Gasteiger partial charge in [0, 0.05) is 43.9 Å². The van der Waals surface area contributed by atoms with Crippen molar-refractivity contribution in [3.05, 3.63) is 0 Å². The average Bonchev–Trinajstić information content (AvgIpc) is 2.28. The first kappa shape index (κ1) is 14.3. The number of hydrogen-bond acceptors (Lipinski definition) is 3. The molecule has 2 atom stereocenters. The lowest BCUT2D eigenvalue weighted by Crippen LogP contribution is -2.66. The largest absolute Gasteiger partial charge is 0.381 e. The average molecular weight is 254 g/mol. The number of rotatable bonds is 1. The number of nitrogens with zero attached hydrogens (tertiary/aromatic N) is 1. The number of ether oxygens (including phenoxy) is 1. The fraction of sp³-hybridized carbons (Fsp3) is 1.00. The van der Waals surface area contributed by atoms with Gasteiger partial charge in [-0.05, 0) is 32.1 Å². The van der Waals surface area contributed by atoms with Crippen molar-refractivity contribution >= 4 is 0 Å². The molecule has 2 rings (SSSR count). The summed E-state index contributed by atoms with van der Waals surface area (Å²) < 4.78 is 5.54. The van der Waals surface area contributed by atoms with E-state index in [9.17, 15) is 0 Å². The van der Waals surface area contributed by atoms with E-state index in [4.69, 9.17) is 4.74 Å². The SMILES string of the molecule is CC1CNC(C(C)(C)C)CN1C1(C)CCOCC1. The molecule has 2 aliphatic heterocycles. The smallest absolute Gasteiger partial charge is 0.0483 e. The Hall–Kier alpha value is -0.120.